The molecule has 19 heavy (non-hydrogen) atoms. The Labute approximate surface area is 111 Å². The molecule has 1 N–H and O–H groups in total. The second-order valence-corrected chi connectivity index (χ2v) is 4.69. The summed E-state index contributed by atoms with van der Waals surface area (Å²) in [6, 6.07) is 13.3. The molecule has 1 aliphatic heterocycles. The van der Waals surface area contributed by atoms with Gasteiger partial charge in [0.2, 0.25) is 11.8 Å². The SMILES string of the molecule is O=C1CC(c2ccc[nH]2)C(=O)N1Cc1ccccc1. The molecular weight excluding hydrogens is 240 g/mol. The highest BCUT2D eigenvalue weighted by atomic mass is 16.2. The molecule has 96 valence electrons. The summed E-state index contributed by atoms with van der Waals surface area (Å²) in [5.74, 6) is -0.573. The van der Waals surface area contributed by atoms with E-state index in [9.17, 15) is 9.59 Å². The van der Waals surface area contributed by atoms with E-state index in [1.165, 1.54) is 4.90 Å². The molecule has 1 aliphatic rings. The Morgan fingerprint density at radius 3 is 2.58 bits per heavy atom. The number of amides is 2. The lowest BCUT2D eigenvalue weighted by molar-refractivity contribution is -0.139. The fraction of sp³-hybridized carbons (Fsp3) is 0.200. The number of likely N-dealkylation sites (tertiary alicyclic amines) is 1. The summed E-state index contributed by atoms with van der Waals surface area (Å²) in [4.78, 5) is 28.7. The quantitative estimate of drug-likeness (QED) is 0.852. The first-order valence-corrected chi connectivity index (χ1v) is 6.27. The fourth-order valence-corrected chi connectivity index (χ4v) is 2.42. The van der Waals surface area contributed by atoms with Crippen LogP contribution in [0.5, 0.6) is 0 Å². The molecule has 1 aromatic heterocycles. The van der Waals surface area contributed by atoms with Crippen LogP contribution in [-0.4, -0.2) is 21.7 Å². The number of imide groups is 1. The zero-order chi connectivity index (χ0) is 13.2. The maximum absolute atomic E-state index is 12.3. The average molecular weight is 254 g/mol. The molecule has 2 amide bonds. The van der Waals surface area contributed by atoms with Crippen molar-refractivity contribution in [2.24, 2.45) is 0 Å². The summed E-state index contributed by atoms with van der Waals surface area (Å²) < 4.78 is 0. The van der Waals surface area contributed by atoms with Crippen molar-refractivity contribution >= 4 is 11.8 Å². The molecule has 4 nitrogen and oxygen atoms in total. The third-order valence-corrected chi connectivity index (χ3v) is 3.42. The summed E-state index contributed by atoms with van der Waals surface area (Å²) in [7, 11) is 0. The van der Waals surface area contributed by atoms with Gasteiger partial charge in [-0.15, -0.1) is 0 Å². The minimum absolute atomic E-state index is 0.103. The number of benzene rings is 1. The van der Waals surface area contributed by atoms with E-state index in [1.807, 2.05) is 42.5 Å². The van der Waals surface area contributed by atoms with Gasteiger partial charge in [0, 0.05) is 18.3 Å². The maximum atomic E-state index is 12.3. The Morgan fingerprint density at radius 1 is 1.11 bits per heavy atom. The Bertz CT molecular complexity index is 590. The number of carbonyl (C=O) groups is 2. The summed E-state index contributed by atoms with van der Waals surface area (Å²) in [6.07, 6.45) is 2.03. The van der Waals surface area contributed by atoms with Gasteiger partial charge in [-0.25, -0.2) is 0 Å². The molecule has 3 rings (SSSR count). The molecule has 2 aromatic rings. The Balaban J connectivity index is 1.80. The molecule has 2 heterocycles. The van der Waals surface area contributed by atoms with E-state index in [2.05, 4.69) is 4.98 Å². The first kappa shape index (κ1) is 11.7. The number of hydrogen-bond donors (Lipinski definition) is 1. The molecule has 0 radical (unpaired) electrons. The Morgan fingerprint density at radius 2 is 1.89 bits per heavy atom. The van der Waals surface area contributed by atoms with E-state index in [1.54, 1.807) is 6.20 Å². The smallest absolute Gasteiger partial charge is 0.239 e. The molecule has 1 saturated heterocycles. The van der Waals surface area contributed by atoms with Crippen molar-refractivity contribution in [3.8, 4) is 0 Å². The van der Waals surface area contributed by atoms with E-state index in [0.717, 1.165) is 11.3 Å². The zero-order valence-corrected chi connectivity index (χ0v) is 10.4. The Hall–Kier alpha value is -2.36. The highest BCUT2D eigenvalue weighted by Gasteiger charge is 2.39. The molecule has 4 heteroatoms. The van der Waals surface area contributed by atoms with Crippen molar-refractivity contribution in [3.63, 3.8) is 0 Å². The fourth-order valence-electron chi connectivity index (χ4n) is 2.42. The molecule has 0 bridgehead atoms. The van der Waals surface area contributed by atoms with Gasteiger partial charge in [-0.05, 0) is 17.7 Å². The maximum Gasteiger partial charge on any atom is 0.239 e. The van der Waals surface area contributed by atoms with E-state index in [0.29, 0.717) is 6.54 Å². The van der Waals surface area contributed by atoms with Gasteiger partial charge in [-0.2, -0.15) is 0 Å². The number of nitrogens with zero attached hydrogens (tertiary/aromatic N) is 1. The Kier molecular flexibility index (Phi) is 2.91. The predicted molar refractivity (Wildman–Crippen MR) is 70.1 cm³/mol. The number of aromatic amines is 1. The van der Waals surface area contributed by atoms with Gasteiger partial charge in [0.25, 0.3) is 0 Å². The van der Waals surface area contributed by atoms with Crippen LogP contribution in [0.4, 0.5) is 0 Å². The number of aromatic nitrogens is 1. The molecule has 1 unspecified atom stereocenters. The van der Waals surface area contributed by atoms with Crippen LogP contribution in [-0.2, 0) is 16.1 Å². The zero-order valence-electron chi connectivity index (χ0n) is 10.4. The van der Waals surface area contributed by atoms with Gasteiger partial charge >= 0.3 is 0 Å². The van der Waals surface area contributed by atoms with Crippen LogP contribution in [0.2, 0.25) is 0 Å². The first-order valence-electron chi connectivity index (χ1n) is 6.27. The number of nitrogens with one attached hydrogen (secondary N) is 1. The second kappa shape index (κ2) is 4.72. The van der Waals surface area contributed by atoms with Crippen LogP contribution in [0.1, 0.15) is 23.6 Å². The molecule has 1 atom stereocenters. The molecule has 0 aliphatic carbocycles. The van der Waals surface area contributed by atoms with Crippen LogP contribution in [0, 0.1) is 0 Å². The normalized spacial score (nSPS) is 19.2. The van der Waals surface area contributed by atoms with Crippen LogP contribution in [0.15, 0.2) is 48.7 Å². The van der Waals surface area contributed by atoms with Gasteiger partial charge in [-0.1, -0.05) is 30.3 Å². The lowest BCUT2D eigenvalue weighted by atomic mass is 10.0. The molecule has 0 spiro atoms. The lowest BCUT2D eigenvalue weighted by Gasteiger charge is -2.14. The van der Waals surface area contributed by atoms with Crippen molar-refractivity contribution in [2.75, 3.05) is 0 Å². The third kappa shape index (κ3) is 2.17. The van der Waals surface area contributed by atoms with E-state index >= 15 is 0 Å². The topological polar surface area (TPSA) is 53.2 Å². The molecule has 0 saturated carbocycles. The first-order chi connectivity index (χ1) is 9.25. The van der Waals surface area contributed by atoms with Crippen LogP contribution >= 0.6 is 0 Å². The lowest BCUT2D eigenvalue weighted by Crippen LogP contribution is -2.29. The van der Waals surface area contributed by atoms with Crippen LogP contribution in [0.3, 0.4) is 0 Å². The number of hydrogen-bond acceptors (Lipinski definition) is 2. The number of rotatable bonds is 3. The predicted octanol–water partition coefficient (Wildman–Crippen LogP) is 2.06. The van der Waals surface area contributed by atoms with Crippen molar-refractivity contribution in [3.05, 3.63) is 59.9 Å². The van der Waals surface area contributed by atoms with Crippen LogP contribution < -0.4 is 0 Å². The van der Waals surface area contributed by atoms with Crippen molar-refractivity contribution in [1.29, 1.82) is 0 Å². The molecule has 1 aromatic carbocycles. The van der Waals surface area contributed by atoms with E-state index in [4.69, 9.17) is 0 Å². The van der Waals surface area contributed by atoms with E-state index < -0.39 is 0 Å². The van der Waals surface area contributed by atoms with Crippen molar-refractivity contribution in [2.45, 2.75) is 18.9 Å². The van der Waals surface area contributed by atoms with Gasteiger partial charge in [0.05, 0.1) is 12.5 Å². The summed E-state index contributed by atoms with van der Waals surface area (Å²) >= 11 is 0. The van der Waals surface area contributed by atoms with Gasteiger partial charge in [0.1, 0.15) is 0 Å². The third-order valence-electron chi connectivity index (χ3n) is 3.42. The number of carbonyl (C=O) groups excluding carboxylic acids is 2. The van der Waals surface area contributed by atoms with Gasteiger partial charge in [0.15, 0.2) is 0 Å². The van der Waals surface area contributed by atoms with Crippen molar-refractivity contribution in [1.82, 2.24) is 9.88 Å². The van der Waals surface area contributed by atoms with Gasteiger partial charge < -0.3 is 4.98 Å². The molecular formula is C15H14N2O2. The monoisotopic (exact) mass is 254 g/mol. The summed E-state index contributed by atoms with van der Waals surface area (Å²) in [6.45, 7) is 0.357. The summed E-state index contributed by atoms with van der Waals surface area (Å²) in [5.41, 5.74) is 1.78. The minimum Gasteiger partial charge on any atom is -0.364 e. The summed E-state index contributed by atoms with van der Waals surface area (Å²) in [5, 5.41) is 0. The standard InChI is InChI=1S/C15H14N2O2/c18-14-9-12(13-7-4-8-16-13)15(19)17(14)10-11-5-2-1-3-6-11/h1-8,12,16H,9-10H2. The second-order valence-electron chi connectivity index (χ2n) is 4.69. The minimum atomic E-state index is -0.355. The van der Waals surface area contributed by atoms with Crippen LogP contribution in [0.25, 0.3) is 0 Å². The highest BCUT2D eigenvalue weighted by molar-refractivity contribution is 6.05. The highest BCUT2D eigenvalue weighted by Crippen LogP contribution is 2.29. The van der Waals surface area contributed by atoms with Gasteiger partial charge in [-0.3, -0.25) is 14.5 Å². The number of H-pyrrole nitrogens is 1. The van der Waals surface area contributed by atoms with Crippen molar-refractivity contribution < 1.29 is 9.59 Å². The molecule has 1 fully saturated rings. The average Bonchev–Trinajstić information content (AvgIpc) is 3.03. The van der Waals surface area contributed by atoms with E-state index in [-0.39, 0.29) is 24.2 Å². The largest absolute Gasteiger partial charge is 0.364 e.